The van der Waals surface area contributed by atoms with Gasteiger partial charge in [0, 0.05) is 11.8 Å². The minimum atomic E-state index is -0.568. The zero-order valence-electron chi connectivity index (χ0n) is 8.93. The lowest BCUT2D eigenvalue weighted by Crippen LogP contribution is -2.50. The second-order valence-electron chi connectivity index (χ2n) is 6.53. The van der Waals surface area contributed by atoms with Crippen molar-refractivity contribution in [3.8, 4) is 0 Å². The van der Waals surface area contributed by atoms with E-state index in [0.29, 0.717) is 42.8 Å². The smallest absolute Gasteiger partial charge is 0.310 e. The van der Waals surface area contributed by atoms with Crippen molar-refractivity contribution in [3.05, 3.63) is 0 Å². The summed E-state index contributed by atoms with van der Waals surface area (Å²) < 4.78 is 11.8. The van der Waals surface area contributed by atoms with Gasteiger partial charge in [0.1, 0.15) is 0 Å². The average molecular weight is 299 g/mol. The molecule has 7 rings (SSSR count). The highest BCUT2D eigenvalue weighted by molar-refractivity contribution is 9.10. The quantitative estimate of drug-likeness (QED) is 0.724. The van der Waals surface area contributed by atoms with Crippen LogP contribution in [0.3, 0.4) is 0 Å². The number of aliphatic carboxylic acids is 1. The molecule has 0 unspecified atom stereocenters. The van der Waals surface area contributed by atoms with Crippen molar-refractivity contribution in [3.63, 3.8) is 0 Å². The predicted molar refractivity (Wildman–Crippen MR) is 57.3 cm³/mol. The maximum Gasteiger partial charge on any atom is 0.310 e. The van der Waals surface area contributed by atoms with E-state index < -0.39 is 17.2 Å². The molecule has 0 amide bonds. The standard InChI is InChI=1S/C12H11BrO4/c13-11-5-3-4(5)10(9(14)15)7(8(10)11)6(3)12(11)16-1-2-17-12/h3-8H,1-2H2,(H,14,15)/t3-,4+,5+,6-,7+,8+,10-,11-/m0/s1. The van der Waals surface area contributed by atoms with Gasteiger partial charge in [0.05, 0.1) is 23.0 Å². The molecule has 17 heavy (non-hydrogen) atoms. The van der Waals surface area contributed by atoms with Gasteiger partial charge >= 0.3 is 5.97 Å². The van der Waals surface area contributed by atoms with Crippen LogP contribution in [0.5, 0.6) is 0 Å². The lowest BCUT2D eigenvalue weighted by atomic mass is 9.94. The molecule has 1 aliphatic heterocycles. The predicted octanol–water partition coefficient (Wildman–Crippen LogP) is 0.699. The van der Waals surface area contributed by atoms with E-state index in [0.717, 1.165) is 0 Å². The van der Waals surface area contributed by atoms with Crippen molar-refractivity contribution >= 4 is 21.9 Å². The first-order chi connectivity index (χ1) is 8.13. The number of carboxylic acid groups (broad SMARTS) is 1. The molecule has 7 aliphatic rings. The molecule has 0 radical (unpaired) electrons. The molecular formula is C12H11BrO4. The Morgan fingerprint density at radius 2 is 1.88 bits per heavy atom. The number of alkyl halides is 1. The van der Waals surface area contributed by atoms with E-state index in [2.05, 4.69) is 15.9 Å². The Labute approximate surface area is 106 Å². The van der Waals surface area contributed by atoms with Crippen LogP contribution in [0.15, 0.2) is 0 Å². The Kier molecular flexibility index (Phi) is 0.998. The fraction of sp³-hybridized carbons (Fsp3) is 0.917. The molecule has 1 heterocycles. The number of hydrogen-bond donors (Lipinski definition) is 1. The van der Waals surface area contributed by atoms with Gasteiger partial charge in [-0.15, -0.1) is 0 Å². The largest absolute Gasteiger partial charge is 0.481 e. The molecule has 1 N–H and O–H groups in total. The van der Waals surface area contributed by atoms with Gasteiger partial charge in [-0.3, -0.25) is 4.79 Å². The van der Waals surface area contributed by atoms with Crippen molar-refractivity contribution in [1.82, 2.24) is 0 Å². The highest BCUT2D eigenvalue weighted by Gasteiger charge is 3.10. The van der Waals surface area contributed by atoms with Crippen LogP contribution in [0.2, 0.25) is 0 Å². The summed E-state index contributed by atoms with van der Waals surface area (Å²) in [6.45, 7) is 1.32. The van der Waals surface area contributed by atoms with Crippen molar-refractivity contribution < 1.29 is 19.4 Å². The molecule has 1 saturated heterocycles. The number of carboxylic acids is 1. The van der Waals surface area contributed by atoms with E-state index in [1.54, 1.807) is 0 Å². The van der Waals surface area contributed by atoms with E-state index in [1.165, 1.54) is 0 Å². The van der Waals surface area contributed by atoms with Crippen LogP contribution in [0, 0.1) is 40.9 Å². The fourth-order valence-corrected chi connectivity index (χ4v) is 8.56. The summed E-state index contributed by atoms with van der Waals surface area (Å²) >= 11 is 3.90. The summed E-state index contributed by atoms with van der Waals surface area (Å²) in [5.74, 6) is 1.35. The van der Waals surface area contributed by atoms with E-state index in [-0.39, 0.29) is 10.2 Å². The molecule has 2 bridgehead atoms. The van der Waals surface area contributed by atoms with Gasteiger partial charge in [0.25, 0.3) is 0 Å². The van der Waals surface area contributed by atoms with Gasteiger partial charge in [-0.25, -0.2) is 0 Å². The lowest BCUT2D eigenvalue weighted by molar-refractivity contribution is -0.193. The van der Waals surface area contributed by atoms with E-state index >= 15 is 0 Å². The Balaban J connectivity index is 1.63. The third-order valence-electron chi connectivity index (χ3n) is 6.74. The Hall–Kier alpha value is -0.130. The summed E-state index contributed by atoms with van der Waals surface area (Å²) in [6.07, 6.45) is 0. The topological polar surface area (TPSA) is 55.8 Å². The highest BCUT2D eigenvalue weighted by atomic mass is 79.9. The second kappa shape index (κ2) is 1.91. The molecule has 6 aliphatic carbocycles. The minimum absolute atomic E-state index is 0.181. The summed E-state index contributed by atoms with van der Waals surface area (Å²) in [5.41, 5.74) is -0.399. The Bertz CT molecular complexity index is 515. The number of rotatable bonds is 1. The van der Waals surface area contributed by atoms with Gasteiger partial charge in [0.15, 0.2) is 5.79 Å². The molecule has 0 aromatic rings. The third kappa shape index (κ3) is 0.479. The van der Waals surface area contributed by atoms with Crippen molar-refractivity contribution in [2.45, 2.75) is 10.1 Å². The summed E-state index contributed by atoms with van der Waals surface area (Å²) in [6, 6.07) is 0. The molecule has 6 saturated carbocycles. The van der Waals surface area contributed by atoms with Crippen LogP contribution < -0.4 is 0 Å². The zero-order chi connectivity index (χ0) is 11.4. The molecule has 8 atom stereocenters. The number of ether oxygens (including phenoxy) is 2. The molecular weight excluding hydrogens is 288 g/mol. The Morgan fingerprint density at radius 1 is 1.18 bits per heavy atom. The lowest BCUT2D eigenvalue weighted by Gasteiger charge is -2.37. The third-order valence-corrected chi connectivity index (χ3v) is 8.32. The number of halogens is 1. The SMILES string of the molecule is O=C(O)[C@@]12[C@@H]3[C@@H]4[C@H]5[C@@H]1[C@H]2[C@@](Br)([C@H]43)C51OCCO1. The molecule has 0 aromatic heterocycles. The summed E-state index contributed by atoms with van der Waals surface area (Å²) in [7, 11) is 0. The van der Waals surface area contributed by atoms with Crippen molar-refractivity contribution in [1.29, 1.82) is 0 Å². The van der Waals surface area contributed by atoms with Gasteiger partial charge in [0.2, 0.25) is 0 Å². The van der Waals surface area contributed by atoms with Gasteiger partial charge in [-0.1, -0.05) is 15.9 Å². The van der Waals surface area contributed by atoms with E-state index in [9.17, 15) is 9.90 Å². The molecule has 7 fully saturated rings. The fourth-order valence-electron chi connectivity index (χ4n) is 6.82. The number of hydrogen-bond acceptors (Lipinski definition) is 3. The van der Waals surface area contributed by atoms with Gasteiger partial charge < -0.3 is 14.6 Å². The van der Waals surface area contributed by atoms with E-state index in [4.69, 9.17) is 9.47 Å². The zero-order valence-corrected chi connectivity index (χ0v) is 10.5. The number of carbonyl (C=O) groups is 1. The summed E-state index contributed by atoms with van der Waals surface area (Å²) in [5, 5.41) is 9.59. The van der Waals surface area contributed by atoms with Crippen molar-refractivity contribution in [2.24, 2.45) is 40.9 Å². The first kappa shape index (κ1) is 8.88. The molecule has 5 heteroatoms. The normalized spacial score (nSPS) is 73.5. The van der Waals surface area contributed by atoms with Crippen LogP contribution in [0.4, 0.5) is 0 Å². The molecule has 1 spiro atoms. The minimum Gasteiger partial charge on any atom is -0.481 e. The molecule has 4 nitrogen and oxygen atoms in total. The molecule has 0 aromatic carbocycles. The van der Waals surface area contributed by atoms with Crippen LogP contribution in [0.25, 0.3) is 0 Å². The maximum absolute atomic E-state index is 11.6. The monoisotopic (exact) mass is 298 g/mol. The van der Waals surface area contributed by atoms with Crippen LogP contribution >= 0.6 is 15.9 Å². The first-order valence-corrected chi connectivity index (χ1v) is 7.13. The molecule has 90 valence electrons. The average Bonchev–Trinajstić information content (AvgIpc) is 2.97. The Morgan fingerprint density at radius 3 is 2.29 bits per heavy atom. The van der Waals surface area contributed by atoms with Crippen LogP contribution in [-0.2, 0) is 14.3 Å². The van der Waals surface area contributed by atoms with E-state index in [1.807, 2.05) is 0 Å². The second-order valence-corrected chi connectivity index (χ2v) is 7.84. The van der Waals surface area contributed by atoms with Gasteiger partial charge in [-0.05, 0) is 23.7 Å². The van der Waals surface area contributed by atoms with Crippen LogP contribution in [0.1, 0.15) is 0 Å². The van der Waals surface area contributed by atoms with Crippen molar-refractivity contribution in [2.75, 3.05) is 13.2 Å². The van der Waals surface area contributed by atoms with Gasteiger partial charge in [-0.2, -0.15) is 0 Å². The highest BCUT2D eigenvalue weighted by Crippen LogP contribution is 3.04. The first-order valence-electron chi connectivity index (χ1n) is 6.33. The summed E-state index contributed by atoms with van der Waals surface area (Å²) in [4.78, 5) is 11.6. The van der Waals surface area contributed by atoms with Crippen LogP contribution in [-0.4, -0.2) is 34.4 Å². The maximum atomic E-state index is 11.6.